The average molecular weight is 293 g/mol. The maximum absolute atomic E-state index is 12.3. The minimum absolute atomic E-state index is 0.476. The third-order valence-corrected chi connectivity index (χ3v) is 6.56. The summed E-state index contributed by atoms with van der Waals surface area (Å²) in [6.07, 6.45) is 1.39. The molecule has 0 aromatic heterocycles. The molecule has 1 amide bonds. The first-order chi connectivity index (χ1) is 9.36. The van der Waals surface area contributed by atoms with Gasteiger partial charge in [-0.2, -0.15) is 0 Å². The van der Waals surface area contributed by atoms with Crippen molar-refractivity contribution in [2.24, 2.45) is 0 Å². The van der Waals surface area contributed by atoms with E-state index in [0.29, 0.717) is 6.54 Å². The SMILES string of the molecule is C=C[Si](C)(C)c1ccc(CCCCN(C)C(=O)F)cc1. The van der Waals surface area contributed by atoms with Gasteiger partial charge in [-0.1, -0.05) is 48.2 Å². The molecule has 0 spiro atoms. The van der Waals surface area contributed by atoms with Gasteiger partial charge in [0.2, 0.25) is 0 Å². The number of benzene rings is 1. The number of unbranched alkanes of at least 4 members (excludes halogenated alkanes) is 1. The second kappa shape index (κ2) is 7.38. The molecule has 0 bridgehead atoms. The monoisotopic (exact) mass is 293 g/mol. The summed E-state index contributed by atoms with van der Waals surface area (Å²) in [6.45, 7) is 8.95. The predicted molar refractivity (Wildman–Crippen MR) is 85.8 cm³/mol. The maximum atomic E-state index is 12.3. The molecular formula is C16H24FNOSi. The van der Waals surface area contributed by atoms with E-state index in [-0.39, 0.29) is 0 Å². The van der Waals surface area contributed by atoms with Crippen molar-refractivity contribution in [1.29, 1.82) is 0 Å². The standard InChI is InChI=1S/C16H24FNOSi/c1-5-20(3,4)15-11-9-14(10-12-15)8-6-7-13-18(2)16(17)19/h5,9-12H,1,6-8,13H2,2-4H3. The molecule has 0 saturated heterocycles. The number of nitrogens with zero attached hydrogens (tertiary/aromatic N) is 1. The molecule has 1 rings (SSSR count). The summed E-state index contributed by atoms with van der Waals surface area (Å²) in [5, 5.41) is 1.39. The van der Waals surface area contributed by atoms with Gasteiger partial charge in [0.25, 0.3) is 0 Å². The van der Waals surface area contributed by atoms with Crippen LogP contribution < -0.4 is 5.19 Å². The van der Waals surface area contributed by atoms with Crippen LogP contribution in [0.25, 0.3) is 0 Å². The Hall–Kier alpha value is -1.42. The van der Waals surface area contributed by atoms with E-state index in [0.717, 1.165) is 24.2 Å². The summed E-state index contributed by atoms with van der Waals surface area (Å²) < 4.78 is 12.3. The Morgan fingerprint density at radius 1 is 1.30 bits per heavy atom. The molecule has 0 N–H and O–H groups in total. The van der Waals surface area contributed by atoms with E-state index in [1.807, 2.05) is 0 Å². The van der Waals surface area contributed by atoms with Gasteiger partial charge in [0.05, 0.1) is 0 Å². The van der Waals surface area contributed by atoms with Gasteiger partial charge in [0.1, 0.15) is 8.07 Å². The number of amides is 1. The lowest BCUT2D eigenvalue weighted by Crippen LogP contribution is -2.39. The highest BCUT2D eigenvalue weighted by molar-refractivity contribution is 6.93. The number of rotatable bonds is 7. The molecule has 2 nitrogen and oxygen atoms in total. The molecule has 4 heteroatoms. The topological polar surface area (TPSA) is 20.3 Å². The Morgan fingerprint density at radius 3 is 2.40 bits per heavy atom. The normalized spacial score (nSPS) is 11.2. The van der Waals surface area contributed by atoms with Crippen LogP contribution >= 0.6 is 0 Å². The smallest absolute Gasteiger partial charge is 0.318 e. The minimum atomic E-state index is -1.46. The largest absolute Gasteiger partial charge is 0.399 e. The lowest BCUT2D eigenvalue weighted by Gasteiger charge is -2.18. The zero-order valence-electron chi connectivity index (χ0n) is 12.7. The summed E-state index contributed by atoms with van der Waals surface area (Å²) in [5.41, 5.74) is 3.38. The van der Waals surface area contributed by atoms with Crippen LogP contribution in [0.4, 0.5) is 9.18 Å². The molecule has 0 heterocycles. The van der Waals surface area contributed by atoms with Gasteiger partial charge >= 0.3 is 6.16 Å². The number of carbonyl (C=O) groups excluding carboxylic acids is 1. The summed E-state index contributed by atoms with van der Waals surface area (Å²) in [5.74, 6) is 0. The molecule has 0 aliphatic rings. The van der Waals surface area contributed by atoms with Crippen LogP contribution in [0.3, 0.4) is 0 Å². The zero-order valence-corrected chi connectivity index (χ0v) is 13.7. The molecule has 0 aliphatic carbocycles. The van der Waals surface area contributed by atoms with Crippen molar-refractivity contribution in [3.05, 3.63) is 42.1 Å². The lowest BCUT2D eigenvalue weighted by molar-refractivity contribution is 0.185. The summed E-state index contributed by atoms with van der Waals surface area (Å²) in [6, 6.07) is 8.72. The molecular weight excluding hydrogens is 269 g/mol. The van der Waals surface area contributed by atoms with Crippen LogP contribution in [-0.4, -0.2) is 32.7 Å². The van der Waals surface area contributed by atoms with Crippen molar-refractivity contribution < 1.29 is 9.18 Å². The van der Waals surface area contributed by atoms with E-state index in [1.165, 1.54) is 17.8 Å². The fraction of sp³-hybridized carbons (Fsp3) is 0.438. The van der Waals surface area contributed by atoms with Gasteiger partial charge in [-0.25, -0.2) is 4.79 Å². The van der Waals surface area contributed by atoms with Crippen LogP contribution in [0.15, 0.2) is 36.5 Å². The Kier molecular flexibility index (Phi) is 6.14. The van der Waals surface area contributed by atoms with Gasteiger partial charge in [-0.15, -0.1) is 11.0 Å². The summed E-state index contributed by atoms with van der Waals surface area (Å²) in [4.78, 5) is 11.5. The first-order valence-electron chi connectivity index (χ1n) is 7.00. The molecule has 1 aromatic rings. The lowest BCUT2D eigenvalue weighted by atomic mass is 10.1. The highest BCUT2D eigenvalue weighted by Crippen LogP contribution is 2.09. The van der Waals surface area contributed by atoms with E-state index >= 15 is 0 Å². The van der Waals surface area contributed by atoms with Gasteiger partial charge in [-0.3, -0.25) is 0 Å². The third kappa shape index (κ3) is 4.93. The maximum Gasteiger partial charge on any atom is 0.399 e. The number of hydrogen-bond acceptors (Lipinski definition) is 1. The zero-order chi connectivity index (χ0) is 15.2. The van der Waals surface area contributed by atoms with Crippen molar-refractivity contribution in [3.8, 4) is 0 Å². The molecule has 0 radical (unpaired) electrons. The van der Waals surface area contributed by atoms with Crippen LogP contribution in [-0.2, 0) is 6.42 Å². The van der Waals surface area contributed by atoms with Crippen LogP contribution in [0.1, 0.15) is 18.4 Å². The number of hydrogen-bond donors (Lipinski definition) is 0. The predicted octanol–water partition coefficient (Wildman–Crippen LogP) is 3.67. The van der Waals surface area contributed by atoms with E-state index in [9.17, 15) is 9.18 Å². The van der Waals surface area contributed by atoms with E-state index in [1.54, 1.807) is 0 Å². The van der Waals surface area contributed by atoms with Crippen molar-refractivity contribution in [1.82, 2.24) is 4.90 Å². The summed E-state index contributed by atoms with van der Waals surface area (Å²) in [7, 11) is 0.0213. The molecule has 110 valence electrons. The highest BCUT2D eigenvalue weighted by Gasteiger charge is 2.18. The van der Waals surface area contributed by atoms with Crippen molar-refractivity contribution in [3.63, 3.8) is 0 Å². The van der Waals surface area contributed by atoms with Crippen LogP contribution in [0, 0.1) is 0 Å². The molecule has 0 aliphatic heterocycles. The summed E-state index contributed by atoms with van der Waals surface area (Å²) >= 11 is 0. The Balaban J connectivity index is 2.43. The molecule has 0 unspecified atom stereocenters. The third-order valence-electron chi connectivity index (χ3n) is 3.72. The van der Waals surface area contributed by atoms with Gasteiger partial charge in [0, 0.05) is 13.6 Å². The van der Waals surface area contributed by atoms with Gasteiger partial charge < -0.3 is 4.90 Å². The Bertz CT molecular complexity index is 456. The van der Waals surface area contributed by atoms with E-state index in [4.69, 9.17) is 0 Å². The Morgan fingerprint density at radius 2 is 1.90 bits per heavy atom. The fourth-order valence-electron chi connectivity index (χ4n) is 1.98. The minimum Gasteiger partial charge on any atom is -0.318 e. The molecule has 0 saturated carbocycles. The average Bonchev–Trinajstić information content (AvgIpc) is 2.43. The first-order valence-corrected chi connectivity index (χ1v) is 10.1. The molecule has 0 fully saturated rings. The van der Waals surface area contributed by atoms with Gasteiger partial charge in [-0.05, 0) is 24.8 Å². The van der Waals surface area contributed by atoms with E-state index < -0.39 is 14.2 Å². The van der Waals surface area contributed by atoms with Crippen molar-refractivity contribution >= 4 is 19.4 Å². The molecule has 20 heavy (non-hydrogen) atoms. The number of halogens is 1. The second-order valence-corrected chi connectivity index (χ2v) is 10.2. The first kappa shape index (κ1) is 16.6. The van der Waals surface area contributed by atoms with Gasteiger partial charge in [0.15, 0.2) is 0 Å². The fourth-order valence-corrected chi connectivity index (χ4v) is 3.25. The quantitative estimate of drug-likeness (QED) is 0.325. The Labute approximate surface area is 122 Å². The number of carbonyl (C=O) groups is 1. The van der Waals surface area contributed by atoms with Crippen molar-refractivity contribution in [2.75, 3.05) is 13.6 Å². The molecule has 0 atom stereocenters. The van der Waals surface area contributed by atoms with E-state index in [2.05, 4.69) is 49.6 Å². The second-order valence-electron chi connectivity index (χ2n) is 5.75. The van der Waals surface area contributed by atoms with Crippen molar-refractivity contribution in [2.45, 2.75) is 32.4 Å². The van der Waals surface area contributed by atoms with Crippen LogP contribution in [0.2, 0.25) is 13.1 Å². The highest BCUT2D eigenvalue weighted by atomic mass is 28.3. The van der Waals surface area contributed by atoms with Crippen LogP contribution in [0.5, 0.6) is 0 Å². The molecule has 1 aromatic carbocycles. The number of aryl methyl sites for hydroxylation is 1.